The predicted molar refractivity (Wildman–Crippen MR) is 86.7 cm³/mol. The maximum absolute atomic E-state index is 13.5. The Morgan fingerprint density at radius 3 is 2.46 bits per heavy atom. The van der Waals surface area contributed by atoms with E-state index in [1.165, 1.54) is 42.5 Å². The number of rotatable bonds is 4. The van der Waals surface area contributed by atoms with E-state index in [0.29, 0.717) is 10.6 Å². The molecule has 1 aliphatic rings. The van der Waals surface area contributed by atoms with Crippen molar-refractivity contribution in [2.24, 2.45) is 5.41 Å². The van der Waals surface area contributed by atoms with Crippen LogP contribution in [0, 0.1) is 22.6 Å². The molecule has 1 N–H and O–H groups in total. The van der Waals surface area contributed by atoms with Crippen LogP contribution < -0.4 is 0 Å². The van der Waals surface area contributed by atoms with Crippen LogP contribution in [0.3, 0.4) is 0 Å². The highest BCUT2D eigenvalue weighted by Gasteiger charge is 2.72. The van der Waals surface area contributed by atoms with Crippen LogP contribution in [-0.2, 0) is 9.84 Å². The van der Waals surface area contributed by atoms with Gasteiger partial charge in [-0.15, -0.1) is 0 Å². The lowest BCUT2D eigenvalue weighted by atomic mass is 10.0. The molecular weight excluding hydrogens is 353 g/mol. The Morgan fingerprint density at radius 1 is 1.25 bits per heavy atom. The summed E-state index contributed by atoms with van der Waals surface area (Å²) in [5, 5.41) is 18.4. The van der Waals surface area contributed by atoms with Crippen molar-refractivity contribution in [2.45, 2.75) is 16.1 Å². The second-order valence-electron chi connectivity index (χ2n) is 5.76. The number of benzene rings is 2. The number of hydrogen-bond donors (Lipinski definition) is 1. The quantitative estimate of drug-likeness (QED) is 0.903. The molecule has 1 fully saturated rings. The van der Waals surface area contributed by atoms with Gasteiger partial charge in [0.15, 0.2) is 9.84 Å². The number of aliphatic hydroxyl groups is 1. The third-order valence-corrected chi connectivity index (χ3v) is 6.95. The lowest BCUT2D eigenvalue weighted by molar-refractivity contribution is 0.242. The van der Waals surface area contributed by atoms with E-state index in [9.17, 15) is 23.2 Å². The van der Waals surface area contributed by atoms with Crippen LogP contribution >= 0.6 is 11.6 Å². The molecule has 24 heavy (non-hydrogen) atoms. The van der Waals surface area contributed by atoms with Crippen LogP contribution in [0.5, 0.6) is 0 Å². The Morgan fingerprint density at radius 2 is 1.92 bits per heavy atom. The monoisotopic (exact) mass is 365 g/mol. The van der Waals surface area contributed by atoms with E-state index in [1.807, 2.05) is 6.07 Å². The van der Waals surface area contributed by atoms with Crippen LogP contribution in [0.4, 0.5) is 4.39 Å². The summed E-state index contributed by atoms with van der Waals surface area (Å²) in [6.45, 7) is -0.623. The fraction of sp³-hybridized carbons (Fsp3) is 0.235. The average Bonchev–Trinajstić information content (AvgIpc) is 3.26. The van der Waals surface area contributed by atoms with Gasteiger partial charge < -0.3 is 5.11 Å². The number of sulfone groups is 1. The van der Waals surface area contributed by atoms with Crippen LogP contribution in [0.1, 0.15) is 11.5 Å². The van der Waals surface area contributed by atoms with Crippen LogP contribution in [0.15, 0.2) is 53.4 Å². The summed E-state index contributed by atoms with van der Waals surface area (Å²) in [4.78, 5) is 0.0175. The first-order valence-electron chi connectivity index (χ1n) is 7.14. The number of nitriles is 1. The van der Waals surface area contributed by atoms with Crippen molar-refractivity contribution in [1.82, 2.24) is 0 Å². The molecule has 0 aliphatic heterocycles. The highest BCUT2D eigenvalue weighted by molar-refractivity contribution is 7.92. The highest BCUT2D eigenvalue weighted by atomic mass is 35.5. The third-order valence-electron chi connectivity index (χ3n) is 4.41. The Hall–Kier alpha value is -1.94. The molecule has 1 saturated carbocycles. The minimum atomic E-state index is -3.89. The normalized spacial score (nSPS) is 25.9. The standard InChI is InChI=1S/C17H13ClFNO3S/c18-12-4-6-14(7-5-12)24(22,23)16-15(17(16,9-20)10-21)11-2-1-3-13(19)8-11/h1-8,15-16,21H,10H2/t15-,16-,17+/m1/s1. The van der Waals surface area contributed by atoms with Gasteiger partial charge in [0.2, 0.25) is 0 Å². The molecule has 7 heteroatoms. The van der Waals surface area contributed by atoms with Gasteiger partial charge in [-0.05, 0) is 42.0 Å². The fourth-order valence-corrected chi connectivity index (χ4v) is 5.60. The summed E-state index contributed by atoms with van der Waals surface area (Å²) in [5.41, 5.74) is -1.10. The molecule has 3 atom stereocenters. The Balaban J connectivity index is 2.08. The van der Waals surface area contributed by atoms with Gasteiger partial charge in [0.05, 0.1) is 22.8 Å². The molecule has 3 rings (SSSR count). The minimum Gasteiger partial charge on any atom is -0.395 e. The zero-order valence-corrected chi connectivity index (χ0v) is 13.9. The second kappa shape index (κ2) is 5.85. The first-order chi connectivity index (χ1) is 11.4. The minimum absolute atomic E-state index is 0.0175. The van der Waals surface area contributed by atoms with Gasteiger partial charge in [-0.1, -0.05) is 23.7 Å². The van der Waals surface area contributed by atoms with Gasteiger partial charge in [-0.3, -0.25) is 0 Å². The lowest BCUT2D eigenvalue weighted by Gasteiger charge is -2.06. The molecule has 0 aromatic heterocycles. The van der Waals surface area contributed by atoms with Crippen LogP contribution in [-0.4, -0.2) is 25.4 Å². The van der Waals surface area contributed by atoms with Crippen molar-refractivity contribution in [2.75, 3.05) is 6.61 Å². The van der Waals surface area contributed by atoms with E-state index in [4.69, 9.17) is 11.6 Å². The summed E-state index contributed by atoms with van der Waals surface area (Å²) in [5.74, 6) is -1.31. The van der Waals surface area contributed by atoms with Crippen molar-refractivity contribution in [3.8, 4) is 6.07 Å². The zero-order valence-electron chi connectivity index (χ0n) is 12.4. The Kier molecular flexibility index (Phi) is 4.12. The largest absolute Gasteiger partial charge is 0.395 e. The molecule has 2 aromatic rings. The molecule has 0 heterocycles. The fourth-order valence-electron chi connectivity index (χ4n) is 3.16. The van der Waals surface area contributed by atoms with Crippen molar-refractivity contribution < 1.29 is 17.9 Å². The second-order valence-corrected chi connectivity index (χ2v) is 8.27. The van der Waals surface area contributed by atoms with E-state index in [0.717, 1.165) is 0 Å². The maximum atomic E-state index is 13.5. The van der Waals surface area contributed by atoms with E-state index in [2.05, 4.69) is 0 Å². The maximum Gasteiger partial charge on any atom is 0.183 e. The van der Waals surface area contributed by atoms with E-state index < -0.39 is 38.8 Å². The molecule has 0 bridgehead atoms. The van der Waals surface area contributed by atoms with Crippen molar-refractivity contribution >= 4 is 21.4 Å². The summed E-state index contributed by atoms with van der Waals surface area (Å²) in [6.07, 6.45) is 0. The molecule has 0 spiro atoms. The molecule has 0 radical (unpaired) electrons. The summed E-state index contributed by atoms with van der Waals surface area (Å²) in [7, 11) is -3.89. The summed E-state index contributed by atoms with van der Waals surface area (Å²) >= 11 is 5.78. The number of nitrogens with zero attached hydrogens (tertiary/aromatic N) is 1. The predicted octanol–water partition coefficient (Wildman–Crippen LogP) is 2.92. The van der Waals surface area contributed by atoms with Gasteiger partial charge in [-0.25, -0.2) is 12.8 Å². The molecule has 4 nitrogen and oxygen atoms in total. The van der Waals surface area contributed by atoms with Gasteiger partial charge in [0.1, 0.15) is 11.2 Å². The molecule has 124 valence electrons. The van der Waals surface area contributed by atoms with Gasteiger partial charge in [0, 0.05) is 10.9 Å². The van der Waals surface area contributed by atoms with E-state index >= 15 is 0 Å². The number of hydrogen-bond acceptors (Lipinski definition) is 4. The molecular formula is C17H13ClFNO3S. The molecule has 0 saturated heterocycles. The van der Waals surface area contributed by atoms with Crippen molar-refractivity contribution in [3.05, 3.63) is 64.9 Å². The topological polar surface area (TPSA) is 78.2 Å². The van der Waals surface area contributed by atoms with Gasteiger partial charge in [0.25, 0.3) is 0 Å². The first-order valence-corrected chi connectivity index (χ1v) is 9.06. The molecule has 2 aromatic carbocycles. The lowest BCUT2D eigenvalue weighted by Crippen LogP contribution is -2.18. The molecule has 0 unspecified atom stereocenters. The summed E-state index contributed by atoms with van der Waals surface area (Å²) in [6, 6.07) is 13.0. The van der Waals surface area contributed by atoms with Crippen molar-refractivity contribution in [1.29, 1.82) is 5.26 Å². The van der Waals surface area contributed by atoms with Crippen LogP contribution in [0.25, 0.3) is 0 Å². The number of halogens is 2. The average molecular weight is 366 g/mol. The van der Waals surface area contributed by atoms with Crippen molar-refractivity contribution in [3.63, 3.8) is 0 Å². The smallest absolute Gasteiger partial charge is 0.183 e. The Labute approximate surface area is 144 Å². The Bertz CT molecular complexity index is 924. The molecule has 1 aliphatic carbocycles. The third kappa shape index (κ3) is 2.49. The van der Waals surface area contributed by atoms with E-state index in [-0.39, 0.29) is 4.90 Å². The molecule has 0 amide bonds. The SMILES string of the molecule is N#C[C@]1(CO)[C@H](c2cccc(F)c2)[C@H]1S(=O)(=O)c1ccc(Cl)cc1. The van der Waals surface area contributed by atoms with Gasteiger partial charge in [-0.2, -0.15) is 5.26 Å². The number of aliphatic hydroxyl groups excluding tert-OH is 1. The highest BCUT2D eigenvalue weighted by Crippen LogP contribution is 2.63. The summed E-state index contributed by atoms with van der Waals surface area (Å²) < 4.78 is 39.3. The first kappa shape index (κ1) is 16.9. The van der Waals surface area contributed by atoms with Crippen LogP contribution in [0.2, 0.25) is 5.02 Å². The van der Waals surface area contributed by atoms with Gasteiger partial charge >= 0.3 is 0 Å². The zero-order chi connectivity index (χ0) is 17.5. The van der Waals surface area contributed by atoms with E-state index in [1.54, 1.807) is 6.07 Å².